The van der Waals surface area contributed by atoms with E-state index < -0.39 is 4.92 Å². The predicted octanol–water partition coefficient (Wildman–Crippen LogP) is 5.54. The first-order valence-electron chi connectivity index (χ1n) is 9.38. The first-order chi connectivity index (χ1) is 15.4. The maximum absolute atomic E-state index is 12.2. The lowest BCUT2D eigenvalue weighted by molar-refractivity contribution is -0.384. The third-order valence-corrected chi connectivity index (χ3v) is 4.85. The molecule has 0 fully saturated rings. The number of amides is 1. The number of nitro benzene ring substituents is 1. The highest BCUT2D eigenvalue weighted by Crippen LogP contribution is 2.36. The number of rotatable bonds is 9. The molecule has 166 valence electrons. The Labute approximate surface area is 194 Å². The first-order valence-corrected chi connectivity index (χ1v) is 10.1. The van der Waals surface area contributed by atoms with Crippen molar-refractivity contribution in [1.82, 2.24) is 0 Å². The Bertz CT molecular complexity index is 1120. The predicted molar refractivity (Wildman–Crippen MR) is 124 cm³/mol. The molecule has 0 heterocycles. The topological polar surface area (TPSA) is 103 Å². The summed E-state index contributed by atoms with van der Waals surface area (Å²) in [5, 5.41) is 17.5. The molecule has 0 atom stereocenters. The molecule has 0 aromatic heterocycles. The van der Waals surface area contributed by atoms with Gasteiger partial charge in [-0.3, -0.25) is 14.9 Å². The van der Waals surface area contributed by atoms with Crippen LogP contribution in [0.3, 0.4) is 0 Å². The molecule has 3 aromatic rings. The van der Waals surface area contributed by atoms with E-state index in [-0.39, 0.29) is 29.0 Å². The molecule has 0 radical (unpaired) electrons. The number of halogens is 2. The SMILES string of the molecule is COc1cc(CNc2cccc([N+](=O)[O-])c2)cc(Cl)c1OCC(=O)Nc1ccc(Cl)cc1. The molecular formula is C22H19Cl2N3O5. The highest BCUT2D eigenvalue weighted by Gasteiger charge is 2.14. The maximum atomic E-state index is 12.2. The summed E-state index contributed by atoms with van der Waals surface area (Å²) in [5.41, 5.74) is 1.93. The Kier molecular flexibility index (Phi) is 7.75. The molecule has 0 spiro atoms. The average Bonchev–Trinajstić information content (AvgIpc) is 2.78. The lowest BCUT2D eigenvalue weighted by Gasteiger charge is -2.15. The van der Waals surface area contributed by atoms with Gasteiger partial charge in [0.2, 0.25) is 0 Å². The fourth-order valence-electron chi connectivity index (χ4n) is 2.82. The second-order valence-corrected chi connectivity index (χ2v) is 7.46. The zero-order valence-electron chi connectivity index (χ0n) is 16.9. The van der Waals surface area contributed by atoms with Crippen LogP contribution in [0.2, 0.25) is 10.0 Å². The van der Waals surface area contributed by atoms with Gasteiger partial charge in [-0.15, -0.1) is 0 Å². The second-order valence-electron chi connectivity index (χ2n) is 6.61. The maximum Gasteiger partial charge on any atom is 0.271 e. The van der Waals surface area contributed by atoms with Crippen molar-refractivity contribution in [3.8, 4) is 11.5 Å². The van der Waals surface area contributed by atoms with E-state index >= 15 is 0 Å². The molecule has 3 rings (SSSR count). The number of hydrogen-bond donors (Lipinski definition) is 2. The molecular weight excluding hydrogens is 457 g/mol. The van der Waals surface area contributed by atoms with Crippen LogP contribution in [0, 0.1) is 10.1 Å². The van der Waals surface area contributed by atoms with Crippen LogP contribution in [0.15, 0.2) is 60.7 Å². The van der Waals surface area contributed by atoms with Crippen LogP contribution in [0.1, 0.15) is 5.56 Å². The molecule has 0 saturated heterocycles. The lowest BCUT2D eigenvalue weighted by atomic mass is 10.2. The number of benzene rings is 3. The minimum Gasteiger partial charge on any atom is -0.493 e. The smallest absolute Gasteiger partial charge is 0.271 e. The first kappa shape index (κ1) is 23.2. The second kappa shape index (κ2) is 10.7. The van der Waals surface area contributed by atoms with E-state index in [1.807, 2.05) is 0 Å². The van der Waals surface area contributed by atoms with Gasteiger partial charge in [0.05, 0.1) is 17.1 Å². The van der Waals surface area contributed by atoms with Crippen LogP contribution < -0.4 is 20.1 Å². The van der Waals surface area contributed by atoms with Gasteiger partial charge in [-0.25, -0.2) is 0 Å². The van der Waals surface area contributed by atoms with E-state index in [4.69, 9.17) is 32.7 Å². The van der Waals surface area contributed by atoms with Crippen LogP contribution in [-0.2, 0) is 11.3 Å². The summed E-state index contributed by atoms with van der Waals surface area (Å²) >= 11 is 12.2. The van der Waals surface area contributed by atoms with Crippen LogP contribution >= 0.6 is 23.2 Å². The Morgan fingerprint density at radius 1 is 1.06 bits per heavy atom. The minimum absolute atomic E-state index is 0.00811. The Morgan fingerprint density at radius 3 is 2.50 bits per heavy atom. The van der Waals surface area contributed by atoms with Crippen molar-refractivity contribution in [1.29, 1.82) is 0 Å². The van der Waals surface area contributed by atoms with Gasteiger partial charge >= 0.3 is 0 Å². The van der Waals surface area contributed by atoms with Gasteiger partial charge in [0.1, 0.15) is 0 Å². The lowest BCUT2D eigenvalue weighted by Crippen LogP contribution is -2.20. The zero-order valence-corrected chi connectivity index (χ0v) is 18.4. The summed E-state index contributed by atoms with van der Waals surface area (Å²) in [6.45, 7) is 0.0680. The normalized spacial score (nSPS) is 10.3. The molecule has 0 unspecified atom stereocenters. The number of nitrogens with zero attached hydrogens (tertiary/aromatic N) is 1. The van der Waals surface area contributed by atoms with Gasteiger partial charge in [0.25, 0.3) is 11.6 Å². The Balaban J connectivity index is 1.64. The number of anilines is 2. The number of nitro groups is 1. The largest absolute Gasteiger partial charge is 0.493 e. The summed E-state index contributed by atoms with van der Waals surface area (Å²) in [4.78, 5) is 22.6. The van der Waals surface area contributed by atoms with Crippen molar-refractivity contribution in [2.24, 2.45) is 0 Å². The number of carbonyl (C=O) groups is 1. The fraction of sp³-hybridized carbons (Fsp3) is 0.136. The van der Waals surface area contributed by atoms with Crippen molar-refractivity contribution < 1.29 is 19.2 Å². The van der Waals surface area contributed by atoms with E-state index in [1.165, 1.54) is 19.2 Å². The molecule has 0 aliphatic heterocycles. The summed E-state index contributed by atoms with van der Waals surface area (Å²) in [7, 11) is 1.46. The average molecular weight is 476 g/mol. The molecule has 0 aliphatic rings. The quantitative estimate of drug-likeness (QED) is 0.311. The summed E-state index contributed by atoms with van der Waals surface area (Å²) < 4.78 is 10.9. The van der Waals surface area contributed by atoms with Crippen LogP contribution in [0.5, 0.6) is 11.5 Å². The molecule has 32 heavy (non-hydrogen) atoms. The summed E-state index contributed by atoms with van der Waals surface area (Å²) in [5.74, 6) is 0.217. The van der Waals surface area contributed by atoms with Gasteiger partial charge in [-0.2, -0.15) is 0 Å². The van der Waals surface area contributed by atoms with Gasteiger partial charge < -0.3 is 20.1 Å². The molecule has 0 saturated carbocycles. The van der Waals surface area contributed by atoms with E-state index in [0.29, 0.717) is 28.7 Å². The van der Waals surface area contributed by atoms with Gasteiger partial charge in [-0.1, -0.05) is 29.3 Å². The molecule has 0 bridgehead atoms. The number of carbonyl (C=O) groups excluding carboxylic acids is 1. The third-order valence-electron chi connectivity index (χ3n) is 4.32. The number of ether oxygens (including phenoxy) is 2. The fourth-order valence-corrected chi connectivity index (χ4v) is 3.23. The van der Waals surface area contributed by atoms with E-state index in [2.05, 4.69) is 10.6 Å². The van der Waals surface area contributed by atoms with Crippen molar-refractivity contribution in [2.75, 3.05) is 24.4 Å². The third kappa shape index (κ3) is 6.26. The molecule has 3 aromatic carbocycles. The van der Waals surface area contributed by atoms with Crippen LogP contribution in [0.4, 0.5) is 17.1 Å². The van der Waals surface area contributed by atoms with Crippen LogP contribution in [0.25, 0.3) is 0 Å². The summed E-state index contributed by atoms with van der Waals surface area (Å²) in [6.07, 6.45) is 0. The summed E-state index contributed by atoms with van der Waals surface area (Å²) in [6, 6.07) is 16.2. The van der Waals surface area contributed by atoms with Crippen molar-refractivity contribution in [3.63, 3.8) is 0 Å². The van der Waals surface area contributed by atoms with Gasteiger partial charge in [-0.05, 0) is 48.0 Å². The van der Waals surface area contributed by atoms with Gasteiger partial charge in [0, 0.05) is 35.1 Å². The number of nitrogens with one attached hydrogen (secondary N) is 2. The van der Waals surface area contributed by atoms with Crippen molar-refractivity contribution >= 4 is 46.2 Å². The standard InChI is InChI=1S/C22H19Cl2N3O5/c1-31-20-10-14(12-25-17-3-2-4-18(11-17)27(29)30)9-19(24)22(20)32-13-21(28)26-16-7-5-15(23)6-8-16/h2-11,25H,12-13H2,1H3,(H,26,28). The number of hydrogen-bond acceptors (Lipinski definition) is 6. The highest BCUT2D eigenvalue weighted by atomic mass is 35.5. The number of non-ortho nitro benzene ring substituents is 1. The zero-order chi connectivity index (χ0) is 23.1. The van der Waals surface area contributed by atoms with Crippen molar-refractivity contribution in [3.05, 3.63) is 86.4 Å². The monoisotopic (exact) mass is 475 g/mol. The number of methoxy groups -OCH3 is 1. The van der Waals surface area contributed by atoms with Crippen molar-refractivity contribution in [2.45, 2.75) is 6.54 Å². The van der Waals surface area contributed by atoms with Gasteiger partial charge in [0.15, 0.2) is 18.1 Å². The molecule has 2 N–H and O–H groups in total. The molecule has 10 heteroatoms. The highest BCUT2D eigenvalue weighted by molar-refractivity contribution is 6.32. The van der Waals surface area contributed by atoms with Crippen LogP contribution in [-0.4, -0.2) is 24.5 Å². The Hall–Kier alpha value is -3.49. The minimum atomic E-state index is -0.458. The Morgan fingerprint density at radius 2 is 1.81 bits per heavy atom. The molecule has 1 amide bonds. The van der Waals surface area contributed by atoms with E-state index in [1.54, 1.807) is 48.5 Å². The molecule has 8 nitrogen and oxygen atoms in total. The van der Waals surface area contributed by atoms with E-state index in [0.717, 1.165) is 5.56 Å². The molecule has 0 aliphatic carbocycles. The van der Waals surface area contributed by atoms with E-state index in [9.17, 15) is 14.9 Å².